The molecule has 1 atom stereocenters. The van der Waals surface area contributed by atoms with Crippen molar-refractivity contribution in [3.63, 3.8) is 0 Å². The molecule has 0 aromatic rings. The Morgan fingerprint density at radius 3 is 2.80 bits per heavy atom. The zero-order chi connectivity index (χ0) is 11.3. The largest absolute Gasteiger partial charge is 0.458 e. The molecule has 0 aromatic heterocycles. The lowest BCUT2D eigenvalue weighted by molar-refractivity contribution is -0.138. The fourth-order valence-electron chi connectivity index (χ4n) is 1.63. The zero-order valence-electron chi connectivity index (χ0n) is 8.95. The summed E-state index contributed by atoms with van der Waals surface area (Å²) in [6.07, 6.45) is 4.28. The molecule has 1 heterocycles. The van der Waals surface area contributed by atoms with E-state index < -0.39 is 0 Å². The van der Waals surface area contributed by atoms with Crippen molar-refractivity contribution < 1.29 is 9.53 Å². The van der Waals surface area contributed by atoms with Gasteiger partial charge in [-0.3, -0.25) is 0 Å². The molecular formula is C12H17NO2. The van der Waals surface area contributed by atoms with E-state index in [-0.39, 0.29) is 18.5 Å². The molecule has 1 unspecified atom stereocenters. The van der Waals surface area contributed by atoms with E-state index in [4.69, 9.17) is 4.74 Å². The number of esters is 1. The van der Waals surface area contributed by atoms with Crippen molar-refractivity contribution in [1.29, 1.82) is 0 Å². The van der Waals surface area contributed by atoms with Crippen LogP contribution in [0.5, 0.6) is 0 Å². The molecule has 1 aliphatic rings. The Morgan fingerprint density at radius 2 is 2.27 bits per heavy atom. The summed E-state index contributed by atoms with van der Waals surface area (Å²) >= 11 is 0. The van der Waals surface area contributed by atoms with E-state index in [0.717, 1.165) is 19.5 Å². The first-order valence-corrected chi connectivity index (χ1v) is 5.02. The van der Waals surface area contributed by atoms with Crippen LogP contribution in [0.25, 0.3) is 0 Å². The number of hydrogen-bond donors (Lipinski definition) is 0. The average Bonchev–Trinajstić information content (AvgIpc) is 2.73. The number of likely N-dealkylation sites (tertiary alicyclic amines) is 1. The number of rotatable bonds is 5. The topological polar surface area (TPSA) is 29.5 Å². The van der Waals surface area contributed by atoms with Crippen LogP contribution in [-0.4, -0.2) is 30.6 Å². The van der Waals surface area contributed by atoms with Crippen molar-refractivity contribution >= 4 is 5.97 Å². The Bertz CT molecular complexity index is 283. The molecule has 0 radical (unpaired) electrons. The van der Waals surface area contributed by atoms with E-state index in [9.17, 15) is 4.79 Å². The van der Waals surface area contributed by atoms with E-state index in [0.29, 0.717) is 5.57 Å². The number of ether oxygens (including phenoxy) is 1. The van der Waals surface area contributed by atoms with Crippen LogP contribution in [0.4, 0.5) is 0 Å². The quantitative estimate of drug-likeness (QED) is 0.390. The minimum absolute atomic E-state index is 0.195. The Morgan fingerprint density at radius 1 is 1.53 bits per heavy atom. The molecule has 0 bridgehead atoms. The van der Waals surface area contributed by atoms with Gasteiger partial charge in [0.1, 0.15) is 6.61 Å². The third kappa shape index (κ3) is 2.98. The van der Waals surface area contributed by atoms with Crippen molar-refractivity contribution in [2.24, 2.45) is 5.92 Å². The summed E-state index contributed by atoms with van der Waals surface area (Å²) in [7, 11) is 0. The lowest BCUT2D eigenvalue weighted by Crippen LogP contribution is -2.18. The fourth-order valence-corrected chi connectivity index (χ4v) is 1.63. The molecule has 1 fully saturated rings. The van der Waals surface area contributed by atoms with Crippen LogP contribution in [-0.2, 0) is 9.53 Å². The van der Waals surface area contributed by atoms with Crippen molar-refractivity contribution in [2.45, 2.75) is 6.42 Å². The minimum atomic E-state index is -0.314. The highest BCUT2D eigenvalue weighted by Crippen LogP contribution is 2.23. The van der Waals surface area contributed by atoms with Gasteiger partial charge in [-0.15, -0.1) is 0 Å². The molecule has 0 N–H and O–H groups in total. The molecule has 1 aliphatic heterocycles. The smallest absolute Gasteiger partial charge is 0.334 e. The lowest BCUT2D eigenvalue weighted by Gasteiger charge is -2.13. The van der Waals surface area contributed by atoms with E-state index in [1.165, 1.54) is 0 Å². The second kappa shape index (κ2) is 5.39. The van der Waals surface area contributed by atoms with Crippen LogP contribution in [0.1, 0.15) is 6.42 Å². The first-order chi connectivity index (χ1) is 7.19. The molecule has 3 heteroatoms. The van der Waals surface area contributed by atoms with Crippen LogP contribution >= 0.6 is 0 Å². The van der Waals surface area contributed by atoms with Crippen LogP contribution in [0.15, 0.2) is 37.6 Å². The highest BCUT2D eigenvalue weighted by Gasteiger charge is 2.26. The zero-order valence-corrected chi connectivity index (χ0v) is 8.95. The number of carbonyl (C=O) groups excluding carboxylic acids is 1. The summed E-state index contributed by atoms with van der Waals surface area (Å²) in [4.78, 5) is 13.6. The molecule has 0 aromatic carbocycles. The second-order valence-corrected chi connectivity index (χ2v) is 3.58. The maximum absolute atomic E-state index is 11.5. The molecule has 0 amide bonds. The molecule has 1 saturated heterocycles. The third-order valence-corrected chi connectivity index (χ3v) is 2.57. The van der Waals surface area contributed by atoms with Crippen molar-refractivity contribution in [2.75, 3.05) is 19.7 Å². The standard InChI is InChI=1S/C12H17NO2/c1-4-8-15-12(14)10(3)11-6-7-13(5-2)9-11/h4-5,11H,1-3,6-9H2. The summed E-state index contributed by atoms with van der Waals surface area (Å²) in [5.41, 5.74) is 0.557. The van der Waals surface area contributed by atoms with Crippen molar-refractivity contribution in [3.05, 3.63) is 37.6 Å². The van der Waals surface area contributed by atoms with Gasteiger partial charge in [-0.25, -0.2) is 4.79 Å². The summed E-state index contributed by atoms with van der Waals surface area (Å²) < 4.78 is 4.93. The highest BCUT2D eigenvalue weighted by atomic mass is 16.5. The first-order valence-electron chi connectivity index (χ1n) is 5.02. The number of hydrogen-bond acceptors (Lipinski definition) is 3. The SMILES string of the molecule is C=CCOC(=O)C(=C)C1CCN(C=C)C1. The molecule has 82 valence electrons. The Labute approximate surface area is 90.7 Å². The lowest BCUT2D eigenvalue weighted by atomic mass is 10.0. The first kappa shape index (κ1) is 11.6. The minimum Gasteiger partial charge on any atom is -0.458 e. The predicted molar refractivity (Wildman–Crippen MR) is 60.2 cm³/mol. The van der Waals surface area contributed by atoms with E-state index in [2.05, 4.69) is 24.6 Å². The van der Waals surface area contributed by atoms with Gasteiger partial charge in [-0.05, 0) is 12.6 Å². The fraction of sp³-hybridized carbons (Fsp3) is 0.417. The van der Waals surface area contributed by atoms with E-state index in [1.54, 1.807) is 12.3 Å². The van der Waals surface area contributed by atoms with Gasteiger partial charge in [0.05, 0.1) is 0 Å². The van der Waals surface area contributed by atoms with Gasteiger partial charge in [-0.1, -0.05) is 25.8 Å². The molecule has 0 aliphatic carbocycles. The van der Waals surface area contributed by atoms with Gasteiger partial charge >= 0.3 is 5.97 Å². The van der Waals surface area contributed by atoms with Crippen molar-refractivity contribution in [3.8, 4) is 0 Å². The summed E-state index contributed by atoms with van der Waals surface area (Å²) in [5.74, 6) is -0.119. The van der Waals surface area contributed by atoms with Gasteiger partial charge in [0.15, 0.2) is 0 Å². The molecule has 15 heavy (non-hydrogen) atoms. The third-order valence-electron chi connectivity index (χ3n) is 2.57. The van der Waals surface area contributed by atoms with Gasteiger partial charge in [-0.2, -0.15) is 0 Å². The van der Waals surface area contributed by atoms with E-state index >= 15 is 0 Å². The Balaban J connectivity index is 2.43. The monoisotopic (exact) mass is 207 g/mol. The second-order valence-electron chi connectivity index (χ2n) is 3.58. The predicted octanol–water partition coefficient (Wildman–Crippen LogP) is 1.74. The Hall–Kier alpha value is -1.51. The maximum atomic E-state index is 11.5. The van der Waals surface area contributed by atoms with Crippen molar-refractivity contribution in [1.82, 2.24) is 4.90 Å². The Kier molecular flexibility index (Phi) is 4.16. The molecule has 1 rings (SSSR count). The van der Waals surface area contributed by atoms with Crippen LogP contribution in [0.2, 0.25) is 0 Å². The number of carbonyl (C=O) groups is 1. The van der Waals surface area contributed by atoms with Crippen LogP contribution in [0.3, 0.4) is 0 Å². The molecule has 0 saturated carbocycles. The molecular weight excluding hydrogens is 190 g/mol. The van der Waals surface area contributed by atoms with E-state index in [1.807, 2.05) is 0 Å². The van der Waals surface area contributed by atoms with Gasteiger partial charge in [0.2, 0.25) is 0 Å². The molecule has 0 spiro atoms. The summed E-state index contributed by atoms with van der Waals surface area (Å²) in [5, 5.41) is 0. The van der Waals surface area contributed by atoms with Gasteiger partial charge in [0.25, 0.3) is 0 Å². The molecule has 3 nitrogen and oxygen atoms in total. The summed E-state index contributed by atoms with van der Waals surface area (Å²) in [6, 6.07) is 0. The summed E-state index contributed by atoms with van der Waals surface area (Å²) in [6.45, 7) is 13.0. The number of nitrogens with zero attached hydrogens (tertiary/aromatic N) is 1. The van der Waals surface area contributed by atoms with Crippen LogP contribution in [0, 0.1) is 5.92 Å². The average molecular weight is 207 g/mol. The maximum Gasteiger partial charge on any atom is 0.334 e. The van der Waals surface area contributed by atoms with Gasteiger partial charge < -0.3 is 9.64 Å². The van der Waals surface area contributed by atoms with Gasteiger partial charge in [0, 0.05) is 24.6 Å². The highest BCUT2D eigenvalue weighted by molar-refractivity contribution is 5.88. The van der Waals surface area contributed by atoms with Crippen LogP contribution < -0.4 is 0 Å². The normalized spacial score (nSPS) is 19.7.